The number of halogens is 6. The number of likely N-dealkylation sites (N-methyl/N-ethyl adjacent to an activating group) is 1. The number of nitrogens with zero attached hydrogens (tertiary/aromatic N) is 3. The summed E-state index contributed by atoms with van der Waals surface area (Å²) in [4.78, 5) is 4.08. The molecule has 1 aromatic heterocycles. The number of aromatic nitrogens is 2. The SMILES string of the molecule is CN1CCCC1C1=CN(c2ccc(C(OCC3CCCN3)(C(F)(F)F)C(F)(F)F)cc2Nc2ccc3cn[nH]c3c2)CC=C1. The predicted octanol–water partition coefficient (Wildman–Crippen LogP) is 6.75. The van der Waals surface area contributed by atoms with E-state index in [0.717, 1.165) is 42.5 Å². The zero-order chi connectivity index (χ0) is 31.1. The monoisotopic (exact) mass is 620 g/mol. The molecule has 2 saturated heterocycles. The number of H-pyrrole nitrogens is 1. The number of alkyl halides is 6. The normalized spacial score (nSPS) is 21.8. The fourth-order valence-electron chi connectivity index (χ4n) is 6.41. The van der Waals surface area contributed by atoms with E-state index in [2.05, 4.69) is 25.7 Å². The molecule has 3 aliphatic rings. The number of anilines is 3. The van der Waals surface area contributed by atoms with Gasteiger partial charge in [-0.2, -0.15) is 31.4 Å². The molecule has 0 saturated carbocycles. The van der Waals surface area contributed by atoms with Gasteiger partial charge in [0.15, 0.2) is 0 Å². The standard InChI is InChI=1S/C31H34F6N6O/c1-42-13-4-7-27(42)21-5-3-14-43(18-21)28-11-9-22(15-26(28)40-23-10-8-20-17-39-41-25(20)16-23)29(30(32,33)34,31(35,36)37)44-19-24-6-2-12-38-24/h3,5,8-11,15-18,24,27,38,40H,2,4,6-7,12-14,19H2,1H3,(H,39,41). The van der Waals surface area contributed by atoms with Crippen molar-refractivity contribution in [1.82, 2.24) is 20.4 Å². The molecule has 3 aliphatic heterocycles. The van der Waals surface area contributed by atoms with E-state index < -0.39 is 36.2 Å². The lowest BCUT2D eigenvalue weighted by molar-refractivity contribution is -0.390. The van der Waals surface area contributed by atoms with Gasteiger partial charge in [0.1, 0.15) is 0 Å². The lowest BCUT2D eigenvalue weighted by Crippen LogP contribution is -2.57. The molecular formula is C31H34F6N6O. The van der Waals surface area contributed by atoms with Crippen LogP contribution in [0.15, 0.2) is 66.5 Å². The van der Waals surface area contributed by atoms with Crippen LogP contribution in [0.5, 0.6) is 0 Å². The molecule has 3 N–H and O–H groups in total. The maximum Gasteiger partial charge on any atom is 0.430 e. The Hall–Kier alpha value is -3.55. The molecule has 0 spiro atoms. The minimum atomic E-state index is -5.79. The molecule has 13 heteroatoms. The van der Waals surface area contributed by atoms with Crippen LogP contribution in [0.2, 0.25) is 0 Å². The molecule has 0 radical (unpaired) electrons. The van der Waals surface area contributed by atoms with Crippen LogP contribution in [0.4, 0.5) is 43.4 Å². The summed E-state index contributed by atoms with van der Waals surface area (Å²) in [6.45, 7) is 1.11. The van der Waals surface area contributed by atoms with Gasteiger partial charge in [0, 0.05) is 41.5 Å². The minimum absolute atomic E-state index is 0.0764. The first-order valence-electron chi connectivity index (χ1n) is 14.7. The molecule has 2 atom stereocenters. The van der Waals surface area contributed by atoms with Gasteiger partial charge in [-0.05, 0) is 81.7 Å². The van der Waals surface area contributed by atoms with E-state index in [9.17, 15) is 26.3 Å². The summed E-state index contributed by atoms with van der Waals surface area (Å²) in [6, 6.07) is 7.84. The molecule has 2 fully saturated rings. The first-order valence-corrected chi connectivity index (χ1v) is 14.7. The number of benzene rings is 2. The summed E-state index contributed by atoms with van der Waals surface area (Å²) in [5.41, 5.74) is -2.92. The maximum absolute atomic E-state index is 14.7. The third-order valence-corrected chi connectivity index (χ3v) is 8.72. The zero-order valence-electron chi connectivity index (χ0n) is 24.1. The van der Waals surface area contributed by atoms with Crippen LogP contribution in [0.25, 0.3) is 10.9 Å². The van der Waals surface area contributed by atoms with Gasteiger partial charge in [-0.1, -0.05) is 18.2 Å². The van der Waals surface area contributed by atoms with Crippen molar-refractivity contribution in [2.75, 3.05) is 43.5 Å². The van der Waals surface area contributed by atoms with Crippen molar-refractivity contribution in [3.05, 3.63) is 72.1 Å². The quantitative estimate of drug-likeness (QED) is 0.242. The van der Waals surface area contributed by atoms with Crippen LogP contribution in [-0.2, 0) is 10.3 Å². The number of ether oxygens (including phenoxy) is 1. The number of rotatable bonds is 8. The Kier molecular flexibility index (Phi) is 8.14. The topological polar surface area (TPSA) is 68.5 Å². The molecule has 2 aromatic carbocycles. The van der Waals surface area contributed by atoms with Crippen molar-refractivity contribution in [3.8, 4) is 0 Å². The molecule has 0 amide bonds. The highest BCUT2D eigenvalue weighted by Gasteiger charge is 2.73. The number of hydrogen-bond donors (Lipinski definition) is 3. The number of likely N-dealkylation sites (tertiary alicyclic amines) is 1. The maximum atomic E-state index is 14.7. The highest BCUT2D eigenvalue weighted by molar-refractivity contribution is 5.85. The molecule has 2 unspecified atom stereocenters. The van der Waals surface area contributed by atoms with Gasteiger partial charge >= 0.3 is 12.4 Å². The van der Waals surface area contributed by atoms with Crippen LogP contribution in [0.1, 0.15) is 31.2 Å². The van der Waals surface area contributed by atoms with Crippen LogP contribution in [-0.4, -0.2) is 72.8 Å². The fraction of sp³-hybridized carbons (Fsp3) is 0.452. The largest absolute Gasteiger partial charge is 0.430 e. The Bertz CT molecular complexity index is 1530. The van der Waals surface area contributed by atoms with Crippen LogP contribution < -0.4 is 15.5 Å². The van der Waals surface area contributed by atoms with E-state index in [-0.39, 0.29) is 11.7 Å². The first-order chi connectivity index (χ1) is 21.0. The van der Waals surface area contributed by atoms with Gasteiger partial charge < -0.3 is 20.3 Å². The Balaban J connectivity index is 1.45. The fourth-order valence-corrected chi connectivity index (χ4v) is 6.41. The van der Waals surface area contributed by atoms with Crippen molar-refractivity contribution in [3.63, 3.8) is 0 Å². The number of hydrogen-bond acceptors (Lipinski definition) is 6. The second-order valence-electron chi connectivity index (χ2n) is 11.6. The van der Waals surface area contributed by atoms with Gasteiger partial charge in [0.25, 0.3) is 5.60 Å². The average Bonchev–Trinajstić information content (AvgIpc) is 3.74. The Labute approximate surface area is 250 Å². The first kappa shape index (κ1) is 30.5. The lowest BCUT2D eigenvalue weighted by atomic mass is 9.90. The van der Waals surface area contributed by atoms with E-state index in [4.69, 9.17) is 4.74 Å². The van der Waals surface area contributed by atoms with Crippen molar-refractivity contribution in [2.45, 2.75) is 55.7 Å². The van der Waals surface area contributed by atoms with E-state index in [0.29, 0.717) is 42.8 Å². The highest BCUT2D eigenvalue weighted by Crippen LogP contribution is 2.54. The van der Waals surface area contributed by atoms with Gasteiger partial charge in [0.2, 0.25) is 0 Å². The molecule has 44 heavy (non-hydrogen) atoms. The molecule has 3 aromatic rings. The number of fused-ring (bicyclic) bond motifs is 1. The van der Waals surface area contributed by atoms with Gasteiger partial charge in [0.05, 0.1) is 29.7 Å². The molecule has 236 valence electrons. The number of aromatic amines is 1. The molecule has 0 aliphatic carbocycles. The van der Waals surface area contributed by atoms with E-state index >= 15 is 0 Å². The second-order valence-corrected chi connectivity index (χ2v) is 11.6. The summed E-state index contributed by atoms with van der Waals surface area (Å²) in [5.74, 6) is 0. The van der Waals surface area contributed by atoms with Gasteiger partial charge in [-0.25, -0.2) is 0 Å². The average molecular weight is 621 g/mol. The lowest BCUT2D eigenvalue weighted by Gasteiger charge is -2.39. The molecule has 6 rings (SSSR count). The summed E-state index contributed by atoms with van der Waals surface area (Å²) in [7, 11) is 2.04. The predicted molar refractivity (Wildman–Crippen MR) is 157 cm³/mol. The van der Waals surface area contributed by atoms with Crippen molar-refractivity contribution in [1.29, 1.82) is 0 Å². The van der Waals surface area contributed by atoms with Crippen molar-refractivity contribution < 1.29 is 31.1 Å². The molecular weight excluding hydrogens is 586 g/mol. The Morgan fingerprint density at radius 3 is 2.55 bits per heavy atom. The molecule has 4 heterocycles. The van der Waals surface area contributed by atoms with Crippen LogP contribution in [0, 0.1) is 0 Å². The zero-order valence-corrected chi connectivity index (χ0v) is 24.1. The van der Waals surface area contributed by atoms with E-state index in [1.54, 1.807) is 24.4 Å². The summed E-state index contributed by atoms with van der Waals surface area (Å²) >= 11 is 0. The highest BCUT2D eigenvalue weighted by atomic mass is 19.4. The third kappa shape index (κ3) is 5.68. The third-order valence-electron chi connectivity index (χ3n) is 8.72. The number of nitrogens with one attached hydrogen (secondary N) is 3. The smallest absolute Gasteiger partial charge is 0.354 e. The van der Waals surface area contributed by atoms with Gasteiger partial charge in [-0.15, -0.1) is 0 Å². The van der Waals surface area contributed by atoms with Gasteiger partial charge in [-0.3, -0.25) is 10.00 Å². The van der Waals surface area contributed by atoms with E-state index in [1.807, 2.05) is 30.3 Å². The van der Waals surface area contributed by atoms with Crippen LogP contribution >= 0.6 is 0 Å². The summed E-state index contributed by atoms with van der Waals surface area (Å²) in [6.07, 6.45) is -0.970. The van der Waals surface area contributed by atoms with Crippen molar-refractivity contribution >= 4 is 28.0 Å². The molecule has 0 bridgehead atoms. The summed E-state index contributed by atoms with van der Waals surface area (Å²) < 4.78 is 93.2. The Morgan fingerprint density at radius 2 is 1.84 bits per heavy atom. The van der Waals surface area contributed by atoms with E-state index in [1.165, 1.54) is 6.07 Å². The molecule has 7 nitrogen and oxygen atoms in total. The minimum Gasteiger partial charge on any atom is -0.354 e. The van der Waals surface area contributed by atoms with Crippen LogP contribution in [0.3, 0.4) is 0 Å². The second kappa shape index (κ2) is 11.8. The van der Waals surface area contributed by atoms with Crippen molar-refractivity contribution in [2.24, 2.45) is 0 Å². The Morgan fingerprint density at radius 1 is 1.02 bits per heavy atom. The summed E-state index contributed by atoms with van der Waals surface area (Å²) in [5, 5.41) is 13.7.